The number of anilines is 1. The Labute approximate surface area is 126 Å². The second-order valence-corrected chi connectivity index (χ2v) is 7.58. The van der Waals surface area contributed by atoms with Gasteiger partial charge in [0.05, 0.1) is 10.5 Å². The summed E-state index contributed by atoms with van der Waals surface area (Å²) in [5.41, 5.74) is 6.05. The Morgan fingerprint density at radius 3 is 2.62 bits per heavy atom. The van der Waals surface area contributed by atoms with Crippen LogP contribution in [-0.4, -0.2) is 15.0 Å². The molecule has 2 rings (SSSR count). The molecule has 1 aromatic carbocycles. The van der Waals surface area contributed by atoms with Gasteiger partial charge in [0.2, 0.25) is 10.0 Å². The number of nitriles is 1. The first kappa shape index (κ1) is 15.8. The van der Waals surface area contributed by atoms with Crippen molar-refractivity contribution in [2.45, 2.75) is 37.5 Å². The number of nitrogens with one attached hydrogen (secondary N) is 1. The fourth-order valence-electron chi connectivity index (χ4n) is 2.71. The summed E-state index contributed by atoms with van der Waals surface area (Å²) >= 11 is 0. The summed E-state index contributed by atoms with van der Waals surface area (Å²) in [6.45, 7) is 2.66. The second-order valence-electron chi connectivity index (χ2n) is 5.85. The van der Waals surface area contributed by atoms with Gasteiger partial charge < -0.3 is 5.73 Å². The molecular formula is C15H21N3O2S. The van der Waals surface area contributed by atoms with Crippen molar-refractivity contribution in [1.82, 2.24) is 4.72 Å². The van der Waals surface area contributed by atoms with Gasteiger partial charge in [0.1, 0.15) is 6.07 Å². The zero-order valence-corrected chi connectivity index (χ0v) is 13.0. The molecule has 3 N–H and O–H groups in total. The molecule has 1 aliphatic rings. The van der Waals surface area contributed by atoms with Gasteiger partial charge >= 0.3 is 0 Å². The van der Waals surface area contributed by atoms with E-state index in [2.05, 4.69) is 11.6 Å². The van der Waals surface area contributed by atoms with Gasteiger partial charge in [-0.2, -0.15) is 5.26 Å². The molecule has 0 heterocycles. The standard InChI is InChI=1S/C15H21N3O2S/c1-11-2-4-12(5-3-11)10-18-21(19,20)15-7-6-14(17)8-13(15)9-16/h6-8,11-12,18H,2-5,10,17H2,1H3. The van der Waals surface area contributed by atoms with Gasteiger partial charge in [0.15, 0.2) is 0 Å². The van der Waals surface area contributed by atoms with Crippen molar-refractivity contribution in [2.24, 2.45) is 11.8 Å². The molecule has 114 valence electrons. The van der Waals surface area contributed by atoms with Crippen LogP contribution in [0.2, 0.25) is 0 Å². The summed E-state index contributed by atoms with van der Waals surface area (Å²) in [4.78, 5) is 0.00313. The lowest BCUT2D eigenvalue weighted by atomic mass is 9.83. The normalized spacial score (nSPS) is 22.7. The summed E-state index contributed by atoms with van der Waals surface area (Å²) < 4.78 is 27.3. The molecule has 0 unspecified atom stereocenters. The van der Waals surface area contributed by atoms with Crippen molar-refractivity contribution in [3.05, 3.63) is 23.8 Å². The van der Waals surface area contributed by atoms with Crippen LogP contribution < -0.4 is 10.5 Å². The highest BCUT2D eigenvalue weighted by Crippen LogP contribution is 2.28. The Morgan fingerprint density at radius 1 is 1.33 bits per heavy atom. The van der Waals surface area contributed by atoms with E-state index in [9.17, 15) is 8.42 Å². The minimum atomic E-state index is -3.66. The molecule has 21 heavy (non-hydrogen) atoms. The van der Waals surface area contributed by atoms with Crippen LogP contribution in [0.15, 0.2) is 23.1 Å². The minimum Gasteiger partial charge on any atom is -0.399 e. The Balaban J connectivity index is 2.07. The number of hydrogen-bond donors (Lipinski definition) is 2. The molecule has 5 nitrogen and oxygen atoms in total. The number of nitrogens with two attached hydrogens (primary N) is 1. The van der Waals surface area contributed by atoms with Crippen LogP contribution in [0, 0.1) is 23.2 Å². The van der Waals surface area contributed by atoms with E-state index >= 15 is 0 Å². The van der Waals surface area contributed by atoms with Gasteiger partial charge in [0.25, 0.3) is 0 Å². The highest BCUT2D eigenvalue weighted by atomic mass is 32.2. The van der Waals surface area contributed by atoms with Gasteiger partial charge in [-0.15, -0.1) is 0 Å². The predicted octanol–water partition coefficient (Wildman–Crippen LogP) is 2.25. The molecule has 0 atom stereocenters. The maximum atomic E-state index is 12.3. The van der Waals surface area contributed by atoms with E-state index in [1.165, 1.54) is 18.2 Å². The van der Waals surface area contributed by atoms with E-state index < -0.39 is 10.0 Å². The molecule has 0 bridgehead atoms. The van der Waals surface area contributed by atoms with Crippen molar-refractivity contribution in [1.29, 1.82) is 5.26 Å². The van der Waals surface area contributed by atoms with Gasteiger partial charge in [-0.3, -0.25) is 0 Å². The lowest BCUT2D eigenvalue weighted by molar-refractivity contribution is 0.290. The Hall–Kier alpha value is -1.58. The number of sulfonamides is 1. The van der Waals surface area contributed by atoms with E-state index in [0.29, 0.717) is 18.2 Å². The van der Waals surface area contributed by atoms with E-state index in [-0.39, 0.29) is 10.5 Å². The Morgan fingerprint density at radius 2 is 2.00 bits per heavy atom. The molecule has 0 aliphatic heterocycles. The van der Waals surface area contributed by atoms with Crippen molar-refractivity contribution in [3.8, 4) is 6.07 Å². The third-order valence-corrected chi connectivity index (χ3v) is 5.59. The molecule has 0 amide bonds. The van der Waals surface area contributed by atoms with E-state index in [1.807, 2.05) is 6.07 Å². The molecule has 0 spiro atoms. The first-order valence-electron chi connectivity index (χ1n) is 7.21. The van der Waals surface area contributed by atoms with Crippen molar-refractivity contribution in [3.63, 3.8) is 0 Å². The zero-order chi connectivity index (χ0) is 15.5. The van der Waals surface area contributed by atoms with Crippen LogP contribution in [0.5, 0.6) is 0 Å². The summed E-state index contributed by atoms with van der Waals surface area (Å²) in [5, 5.41) is 9.05. The van der Waals surface area contributed by atoms with Crippen LogP contribution in [0.1, 0.15) is 38.2 Å². The fourth-order valence-corrected chi connectivity index (χ4v) is 3.96. The monoisotopic (exact) mass is 307 g/mol. The third kappa shape index (κ3) is 3.96. The van der Waals surface area contributed by atoms with Crippen molar-refractivity contribution >= 4 is 15.7 Å². The second kappa shape index (κ2) is 6.46. The molecule has 0 aromatic heterocycles. The van der Waals surface area contributed by atoms with E-state index in [1.54, 1.807) is 0 Å². The molecule has 1 aliphatic carbocycles. The van der Waals surface area contributed by atoms with E-state index in [0.717, 1.165) is 31.6 Å². The number of hydrogen-bond acceptors (Lipinski definition) is 4. The Bertz CT molecular complexity index is 641. The van der Waals surface area contributed by atoms with Crippen LogP contribution in [0.4, 0.5) is 5.69 Å². The third-order valence-electron chi connectivity index (χ3n) is 4.11. The number of nitrogens with zero attached hydrogens (tertiary/aromatic N) is 1. The summed E-state index contributed by atoms with van der Waals surface area (Å²) in [6.07, 6.45) is 4.41. The topological polar surface area (TPSA) is 96.0 Å². The number of rotatable bonds is 4. The van der Waals surface area contributed by atoms with Crippen molar-refractivity contribution < 1.29 is 8.42 Å². The summed E-state index contributed by atoms with van der Waals surface area (Å²) in [6, 6.07) is 6.16. The fraction of sp³-hybridized carbons (Fsp3) is 0.533. The summed E-state index contributed by atoms with van der Waals surface area (Å²) in [7, 11) is -3.66. The highest BCUT2D eigenvalue weighted by molar-refractivity contribution is 7.89. The smallest absolute Gasteiger partial charge is 0.241 e. The van der Waals surface area contributed by atoms with E-state index in [4.69, 9.17) is 11.0 Å². The molecule has 0 saturated heterocycles. The molecule has 1 fully saturated rings. The van der Waals surface area contributed by atoms with Crippen LogP contribution >= 0.6 is 0 Å². The lowest BCUT2D eigenvalue weighted by Crippen LogP contribution is -2.31. The van der Waals surface area contributed by atoms with Gasteiger partial charge in [-0.05, 0) is 42.9 Å². The van der Waals surface area contributed by atoms with Crippen LogP contribution in [0.25, 0.3) is 0 Å². The summed E-state index contributed by atoms with van der Waals surface area (Å²) in [5.74, 6) is 1.12. The van der Waals surface area contributed by atoms with Gasteiger partial charge in [0, 0.05) is 12.2 Å². The van der Waals surface area contributed by atoms with Gasteiger partial charge in [-0.1, -0.05) is 19.8 Å². The average molecular weight is 307 g/mol. The van der Waals surface area contributed by atoms with Crippen LogP contribution in [-0.2, 0) is 10.0 Å². The molecule has 1 saturated carbocycles. The Kier molecular flexibility index (Phi) is 4.86. The predicted molar refractivity (Wildman–Crippen MR) is 81.9 cm³/mol. The van der Waals surface area contributed by atoms with Gasteiger partial charge in [-0.25, -0.2) is 13.1 Å². The minimum absolute atomic E-state index is 0.00313. The molecule has 0 radical (unpaired) electrons. The van der Waals surface area contributed by atoms with Crippen molar-refractivity contribution in [2.75, 3.05) is 12.3 Å². The highest BCUT2D eigenvalue weighted by Gasteiger charge is 2.23. The maximum absolute atomic E-state index is 12.3. The molecule has 6 heteroatoms. The first-order chi connectivity index (χ1) is 9.92. The number of nitrogen functional groups attached to an aromatic ring is 1. The molecule has 1 aromatic rings. The average Bonchev–Trinajstić information content (AvgIpc) is 2.46. The maximum Gasteiger partial charge on any atom is 0.241 e. The molecular weight excluding hydrogens is 286 g/mol. The quantitative estimate of drug-likeness (QED) is 0.834. The van der Waals surface area contributed by atoms with Crippen LogP contribution in [0.3, 0.4) is 0 Å². The number of benzene rings is 1. The lowest BCUT2D eigenvalue weighted by Gasteiger charge is -2.26. The zero-order valence-electron chi connectivity index (χ0n) is 12.2. The largest absolute Gasteiger partial charge is 0.399 e. The SMILES string of the molecule is CC1CCC(CNS(=O)(=O)c2ccc(N)cc2C#N)CC1. The first-order valence-corrected chi connectivity index (χ1v) is 8.70.